The molecule has 0 radical (unpaired) electrons. The van der Waals surface area contributed by atoms with E-state index < -0.39 is 0 Å². The van der Waals surface area contributed by atoms with Gasteiger partial charge in [-0.15, -0.1) is 0 Å². The van der Waals surface area contributed by atoms with E-state index in [1.165, 1.54) is 24.0 Å². The second-order valence-corrected chi connectivity index (χ2v) is 5.76. The van der Waals surface area contributed by atoms with Gasteiger partial charge in [-0.05, 0) is 31.9 Å². The molecule has 4 atom stereocenters. The van der Waals surface area contributed by atoms with Gasteiger partial charge in [-0.25, -0.2) is 0 Å². The van der Waals surface area contributed by atoms with Gasteiger partial charge in [0, 0.05) is 23.0 Å². The molecular formula is C15H18O3. The highest BCUT2D eigenvalue weighted by Gasteiger charge is 2.68. The van der Waals surface area contributed by atoms with E-state index in [1.54, 1.807) is 14.2 Å². The van der Waals surface area contributed by atoms with Crippen LogP contribution in [0.5, 0.6) is 11.5 Å². The van der Waals surface area contributed by atoms with Crippen molar-refractivity contribution in [2.45, 2.75) is 43.3 Å². The lowest BCUT2D eigenvalue weighted by Crippen LogP contribution is -2.36. The summed E-state index contributed by atoms with van der Waals surface area (Å²) in [5.41, 5.74) is 2.73. The quantitative estimate of drug-likeness (QED) is 0.752. The number of rotatable bonds is 2. The predicted molar refractivity (Wildman–Crippen MR) is 67.5 cm³/mol. The summed E-state index contributed by atoms with van der Waals surface area (Å²) >= 11 is 0. The second kappa shape index (κ2) is 3.21. The molecule has 2 fully saturated rings. The fourth-order valence-corrected chi connectivity index (χ4v) is 4.21. The molecule has 0 aromatic heterocycles. The minimum atomic E-state index is 0.0512. The third-order valence-corrected chi connectivity index (χ3v) is 5.08. The minimum absolute atomic E-state index is 0.0512. The van der Waals surface area contributed by atoms with Gasteiger partial charge in [0.2, 0.25) is 0 Å². The van der Waals surface area contributed by atoms with E-state index in [-0.39, 0.29) is 5.60 Å². The van der Waals surface area contributed by atoms with Crippen molar-refractivity contribution >= 4 is 0 Å². The van der Waals surface area contributed by atoms with Crippen molar-refractivity contribution in [3.05, 3.63) is 23.3 Å². The molecule has 1 aromatic rings. The first-order valence-electron chi connectivity index (χ1n) is 6.63. The zero-order valence-electron chi connectivity index (χ0n) is 11.0. The summed E-state index contributed by atoms with van der Waals surface area (Å²) in [7, 11) is 3.50. The minimum Gasteiger partial charge on any atom is -0.496 e. The summed E-state index contributed by atoms with van der Waals surface area (Å²) in [6.07, 6.45) is 2.81. The second-order valence-electron chi connectivity index (χ2n) is 5.76. The molecule has 18 heavy (non-hydrogen) atoms. The highest BCUT2D eigenvalue weighted by molar-refractivity contribution is 5.59. The topological polar surface area (TPSA) is 31.0 Å². The molecule has 0 spiro atoms. The normalized spacial score (nSPS) is 38.9. The van der Waals surface area contributed by atoms with E-state index in [0.29, 0.717) is 17.9 Å². The van der Waals surface area contributed by atoms with Crippen molar-refractivity contribution < 1.29 is 14.2 Å². The predicted octanol–water partition coefficient (Wildman–Crippen LogP) is 2.84. The van der Waals surface area contributed by atoms with Crippen LogP contribution < -0.4 is 9.47 Å². The van der Waals surface area contributed by atoms with Gasteiger partial charge in [-0.1, -0.05) is 0 Å². The van der Waals surface area contributed by atoms with Gasteiger partial charge in [-0.3, -0.25) is 0 Å². The van der Waals surface area contributed by atoms with Crippen LogP contribution in [-0.2, 0) is 4.74 Å². The van der Waals surface area contributed by atoms with Gasteiger partial charge in [0.25, 0.3) is 0 Å². The van der Waals surface area contributed by atoms with Crippen molar-refractivity contribution in [3.63, 3.8) is 0 Å². The Morgan fingerprint density at radius 2 is 1.78 bits per heavy atom. The third-order valence-electron chi connectivity index (χ3n) is 5.08. The maximum Gasteiger partial charge on any atom is 0.123 e. The molecule has 5 rings (SSSR count). The average molecular weight is 246 g/mol. The SMILES string of the molecule is COc1ccc(OC)c2c1[C@H]1CC[C@@H]2[C@]2(C)O[C@@H]12. The maximum absolute atomic E-state index is 6.02. The molecule has 1 saturated carbocycles. The Morgan fingerprint density at radius 3 is 2.44 bits per heavy atom. The lowest BCUT2D eigenvalue weighted by Gasteiger charge is -2.40. The van der Waals surface area contributed by atoms with Crippen molar-refractivity contribution in [1.29, 1.82) is 0 Å². The molecule has 3 nitrogen and oxygen atoms in total. The number of fused-ring (bicyclic) bond motifs is 1. The van der Waals surface area contributed by atoms with Gasteiger partial charge < -0.3 is 14.2 Å². The monoisotopic (exact) mass is 246 g/mol. The van der Waals surface area contributed by atoms with Crippen LogP contribution in [0.15, 0.2) is 12.1 Å². The van der Waals surface area contributed by atoms with Crippen LogP contribution >= 0.6 is 0 Å². The number of hydrogen-bond acceptors (Lipinski definition) is 3. The molecule has 0 N–H and O–H groups in total. The van der Waals surface area contributed by atoms with Crippen LogP contribution in [-0.4, -0.2) is 25.9 Å². The number of ether oxygens (including phenoxy) is 3. The first-order chi connectivity index (χ1) is 8.70. The lowest BCUT2D eigenvalue weighted by molar-refractivity contribution is 0.268. The number of epoxide rings is 1. The van der Waals surface area contributed by atoms with Crippen molar-refractivity contribution in [2.24, 2.45) is 0 Å². The maximum atomic E-state index is 6.02. The van der Waals surface area contributed by atoms with Gasteiger partial charge >= 0.3 is 0 Å². The highest BCUT2D eigenvalue weighted by Crippen LogP contribution is 2.68. The standard InChI is InChI=1S/C15H18O3/c1-15-9-5-4-8(14(15)18-15)12-10(16-2)6-7-11(17-3)13(9)12/h6-9,14H,4-5H2,1-3H3/t8-,9+,14+,15+/m1/s1. The van der Waals surface area contributed by atoms with Crippen LogP contribution in [0.25, 0.3) is 0 Å². The van der Waals surface area contributed by atoms with E-state index in [0.717, 1.165) is 11.5 Å². The Balaban J connectivity index is 1.98. The molecule has 4 aliphatic rings. The third kappa shape index (κ3) is 1.05. The van der Waals surface area contributed by atoms with E-state index in [9.17, 15) is 0 Å². The first kappa shape index (κ1) is 10.7. The van der Waals surface area contributed by atoms with Crippen LogP contribution in [0, 0.1) is 0 Å². The summed E-state index contributed by atoms with van der Waals surface area (Å²) in [5.74, 6) is 2.95. The smallest absolute Gasteiger partial charge is 0.123 e. The van der Waals surface area contributed by atoms with E-state index in [1.807, 2.05) is 12.1 Å². The molecule has 3 aliphatic carbocycles. The molecule has 0 amide bonds. The van der Waals surface area contributed by atoms with E-state index in [4.69, 9.17) is 14.2 Å². The Bertz CT molecular complexity index is 525. The van der Waals surface area contributed by atoms with E-state index in [2.05, 4.69) is 6.92 Å². The molecule has 96 valence electrons. The Labute approximate surface area is 107 Å². The van der Waals surface area contributed by atoms with Crippen LogP contribution in [0.4, 0.5) is 0 Å². The van der Waals surface area contributed by atoms with Crippen LogP contribution in [0.2, 0.25) is 0 Å². The lowest BCUT2D eigenvalue weighted by atomic mass is 9.62. The Morgan fingerprint density at radius 1 is 1.11 bits per heavy atom. The highest BCUT2D eigenvalue weighted by atomic mass is 16.6. The number of methoxy groups -OCH3 is 2. The number of benzene rings is 1. The molecular weight excluding hydrogens is 228 g/mol. The summed E-state index contributed by atoms with van der Waals surface area (Å²) in [5, 5.41) is 0. The largest absolute Gasteiger partial charge is 0.496 e. The summed E-state index contributed by atoms with van der Waals surface area (Å²) in [6, 6.07) is 4.05. The zero-order chi connectivity index (χ0) is 12.5. The van der Waals surface area contributed by atoms with Crippen molar-refractivity contribution in [3.8, 4) is 11.5 Å². The van der Waals surface area contributed by atoms with Crippen molar-refractivity contribution in [1.82, 2.24) is 0 Å². The summed E-state index contributed by atoms with van der Waals surface area (Å²) in [4.78, 5) is 0. The number of hydrogen-bond donors (Lipinski definition) is 0. The molecule has 1 saturated heterocycles. The summed E-state index contributed by atoms with van der Waals surface area (Å²) in [6.45, 7) is 2.25. The molecule has 1 aromatic carbocycles. The fraction of sp³-hybridized carbons (Fsp3) is 0.600. The first-order valence-corrected chi connectivity index (χ1v) is 6.63. The molecule has 1 heterocycles. The van der Waals surface area contributed by atoms with Crippen molar-refractivity contribution in [2.75, 3.05) is 14.2 Å². The van der Waals surface area contributed by atoms with Crippen LogP contribution in [0.3, 0.4) is 0 Å². The zero-order valence-corrected chi connectivity index (χ0v) is 11.0. The van der Waals surface area contributed by atoms with Crippen LogP contribution in [0.1, 0.15) is 42.7 Å². The van der Waals surface area contributed by atoms with Gasteiger partial charge in [0.1, 0.15) is 11.5 Å². The molecule has 2 bridgehead atoms. The Hall–Kier alpha value is -1.22. The van der Waals surface area contributed by atoms with E-state index >= 15 is 0 Å². The van der Waals surface area contributed by atoms with Gasteiger partial charge in [-0.2, -0.15) is 0 Å². The Kier molecular flexibility index (Phi) is 1.90. The molecule has 3 heteroatoms. The van der Waals surface area contributed by atoms with Gasteiger partial charge in [0.15, 0.2) is 0 Å². The summed E-state index contributed by atoms with van der Waals surface area (Å²) < 4.78 is 17.1. The molecule has 0 unspecified atom stereocenters. The molecule has 1 aliphatic heterocycles. The average Bonchev–Trinajstić information content (AvgIpc) is 3.12. The van der Waals surface area contributed by atoms with Gasteiger partial charge in [0.05, 0.1) is 25.9 Å². The fourth-order valence-electron chi connectivity index (χ4n) is 4.21.